The first-order valence-corrected chi connectivity index (χ1v) is 11.7. The molecule has 0 unspecified atom stereocenters. The lowest BCUT2D eigenvalue weighted by molar-refractivity contribution is 0.0137. The average Bonchev–Trinajstić information content (AvgIpc) is 3.07. The summed E-state index contributed by atoms with van der Waals surface area (Å²) in [4.78, 5) is 10.6. The van der Waals surface area contributed by atoms with Crippen LogP contribution in [-0.4, -0.2) is 54.1 Å². The van der Waals surface area contributed by atoms with Crippen molar-refractivity contribution in [3.05, 3.63) is 52.8 Å². The fraction of sp³-hybridized carbons (Fsp3) is 0.462. The van der Waals surface area contributed by atoms with Crippen LogP contribution >= 0.6 is 0 Å². The Hall–Kier alpha value is -3.14. The van der Waals surface area contributed by atoms with Crippen LogP contribution in [0.2, 0.25) is 0 Å². The summed E-state index contributed by atoms with van der Waals surface area (Å²) in [6, 6.07) is 7.52. The van der Waals surface area contributed by atoms with E-state index in [0.29, 0.717) is 39.6 Å². The monoisotopic (exact) mass is 506 g/mol. The first kappa shape index (κ1) is 25.9. The van der Waals surface area contributed by atoms with Crippen molar-refractivity contribution in [1.29, 1.82) is 0 Å². The number of anilines is 1. The number of likely N-dealkylation sites (N-methyl/N-ethyl adjacent to an activating group) is 1. The standard InChI is InChI=1S/C26H30F4N4O2/c1-14-18(7-6-8-19(14)24(27)28)15(2)31-25-20-9-23(22(35-5)10-21(20)32-16(3)33-25)36-12-17-11-26(29,30)13-34(17)4/h6-10,15,17,24H,11-13H2,1-5H3,(H,31,32,33)/t15-,17+/m1/s1. The number of aromatic nitrogens is 2. The molecule has 3 aromatic rings. The molecule has 194 valence electrons. The van der Waals surface area contributed by atoms with Crippen LogP contribution in [0.5, 0.6) is 11.5 Å². The van der Waals surface area contributed by atoms with Gasteiger partial charge in [0.2, 0.25) is 0 Å². The van der Waals surface area contributed by atoms with Gasteiger partial charge in [-0.05, 0) is 45.0 Å². The zero-order valence-corrected chi connectivity index (χ0v) is 20.9. The van der Waals surface area contributed by atoms with Crippen molar-refractivity contribution < 1.29 is 27.0 Å². The number of halogens is 4. The molecule has 2 heterocycles. The molecule has 1 N–H and O–H groups in total. The number of benzene rings is 2. The zero-order valence-electron chi connectivity index (χ0n) is 20.9. The van der Waals surface area contributed by atoms with E-state index in [1.54, 1.807) is 50.1 Å². The molecule has 4 rings (SSSR count). The van der Waals surface area contributed by atoms with E-state index in [4.69, 9.17) is 9.47 Å². The van der Waals surface area contributed by atoms with Crippen LogP contribution in [0, 0.1) is 13.8 Å². The van der Waals surface area contributed by atoms with Crippen molar-refractivity contribution in [2.45, 2.75) is 51.6 Å². The number of ether oxygens (including phenoxy) is 2. The van der Waals surface area contributed by atoms with Crippen molar-refractivity contribution in [3.8, 4) is 11.5 Å². The highest BCUT2D eigenvalue weighted by atomic mass is 19.3. The minimum atomic E-state index is -2.74. The summed E-state index contributed by atoms with van der Waals surface area (Å²) in [6.07, 6.45) is -2.84. The molecule has 2 atom stereocenters. The minimum absolute atomic E-state index is 0.00671. The van der Waals surface area contributed by atoms with Crippen molar-refractivity contribution in [3.63, 3.8) is 0 Å². The van der Waals surface area contributed by atoms with Gasteiger partial charge in [-0.1, -0.05) is 18.2 Å². The number of nitrogens with one attached hydrogen (secondary N) is 1. The quantitative estimate of drug-likeness (QED) is 0.374. The molecule has 6 nitrogen and oxygen atoms in total. The van der Waals surface area contributed by atoms with Crippen molar-refractivity contribution in [2.75, 3.05) is 32.6 Å². The molecule has 0 saturated carbocycles. The molecule has 0 radical (unpaired) electrons. The lowest BCUT2D eigenvalue weighted by Crippen LogP contribution is -2.30. The largest absolute Gasteiger partial charge is 0.493 e. The summed E-state index contributed by atoms with van der Waals surface area (Å²) in [5.74, 6) is -0.918. The van der Waals surface area contributed by atoms with Gasteiger partial charge in [-0.2, -0.15) is 0 Å². The van der Waals surface area contributed by atoms with Gasteiger partial charge in [0, 0.05) is 29.5 Å². The Balaban J connectivity index is 1.66. The summed E-state index contributed by atoms with van der Waals surface area (Å²) < 4.78 is 65.8. The van der Waals surface area contributed by atoms with Crippen LogP contribution in [0.25, 0.3) is 10.9 Å². The highest BCUT2D eigenvalue weighted by molar-refractivity contribution is 5.92. The van der Waals surface area contributed by atoms with E-state index in [-0.39, 0.29) is 31.2 Å². The molecule has 1 aliphatic heterocycles. The van der Waals surface area contributed by atoms with Crippen LogP contribution in [0.3, 0.4) is 0 Å². The third kappa shape index (κ3) is 5.33. The van der Waals surface area contributed by atoms with Gasteiger partial charge < -0.3 is 14.8 Å². The first-order valence-electron chi connectivity index (χ1n) is 11.7. The van der Waals surface area contributed by atoms with E-state index in [0.717, 1.165) is 5.56 Å². The second-order valence-electron chi connectivity index (χ2n) is 9.31. The summed E-state index contributed by atoms with van der Waals surface area (Å²) in [5.41, 5.74) is 1.84. The molecular formula is C26H30F4N4O2. The minimum Gasteiger partial charge on any atom is -0.493 e. The molecule has 0 bridgehead atoms. The second-order valence-corrected chi connectivity index (χ2v) is 9.31. The molecule has 2 aromatic carbocycles. The molecule has 1 fully saturated rings. The van der Waals surface area contributed by atoms with E-state index < -0.39 is 18.4 Å². The van der Waals surface area contributed by atoms with Crippen molar-refractivity contribution in [2.24, 2.45) is 0 Å². The third-order valence-corrected chi connectivity index (χ3v) is 6.63. The Kier molecular flexibility index (Phi) is 7.26. The molecule has 1 saturated heterocycles. The lowest BCUT2D eigenvalue weighted by Gasteiger charge is -2.22. The maximum absolute atomic E-state index is 13.8. The molecule has 10 heteroatoms. The molecule has 36 heavy (non-hydrogen) atoms. The number of fused-ring (bicyclic) bond motifs is 1. The van der Waals surface area contributed by atoms with Gasteiger partial charge in [0.15, 0.2) is 11.5 Å². The third-order valence-electron chi connectivity index (χ3n) is 6.63. The normalized spacial score (nSPS) is 18.6. The fourth-order valence-electron chi connectivity index (χ4n) is 4.73. The van der Waals surface area contributed by atoms with Crippen LogP contribution in [0.1, 0.15) is 48.3 Å². The number of aryl methyl sites for hydroxylation is 1. The van der Waals surface area contributed by atoms with E-state index in [1.165, 1.54) is 13.2 Å². The van der Waals surface area contributed by atoms with Crippen molar-refractivity contribution in [1.82, 2.24) is 14.9 Å². The van der Waals surface area contributed by atoms with Gasteiger partial charge in [0.25, 0.3) is 12.3 Å². The number of rotatable bonds is 8. The second kappa shape index (κ2) is 10.1. The SMILES string of the molecule is COc1cc2nc(C)nc(N[C@H](C)c3cccc(C(F)F)c3C)c2cc1OC[C@@H]1CC(F)(F)CN1C. The van der Waals surface area contributed by atoms with Gasteiger partial charge in [0.05, 0.1) is 25.2 Å². The number of methoxy groups -OCH3 is 1. The average molecular weight is 507 g/mol. The van der Waals surface area contributed by atoms with Gasteiger partial charge >= 0.3 is 0 Å². The molecule has 1 aromatic heterocycles. The van der Waals surface area contributed by atoms with Crippen LogP contribution in [0.4, 0.5) is 23.4 Å². The Morgan fingerprint density at radius 3 is 2.50 bits per heavy atom. The number of hydrogen-bond donors (Lipinski definition) is 1. The number of nitrogens with zero attached hydrogens (tertiary/aromatic N) is 3. The Morgan fingerprint density at radius 2 is 1.86 bits per heavy atom. The van der Waals surface area contributed by atoms with E-state index >= 15 is 0 Å². The number of likely N-dealkylation sites (tertiary alicyclic amines) is 1. The smallest absolute Gasteiger partial charge is 0.264 e. The van der Waals surface area contributed by atoms with E-state index in [9.17, 15) is 17.6 Å². The highest BCUT2D eigenvalue weighted by Gasteiger charge is 2.43. The fourth-order valence-corrected chi connectivity index (χ4v) is 4.73. The Bertz CT molecular complexity index is 1250. The van der Waals surface area contributed by atoms with Crippen LogP contribution in [-0.2, 0) is 0 Å². The molecule has 0 aliphatic carbocycles. The predicted molar refractivity (Wildman–Crippen MR) is 130 cm³/mol. The lowest BCUT2D eigenvalue weighted by atomic mass is 9.97. The van der Waals surface area contributed by atoms with E-state index in [2.05, 4.69) is 15.3 Å². The predicted octanol–water partition coefficient (Wildman–Crippen LogP) is 6.08. The molecular weight excluding hydrogens is 476 g/mol. The van der Waals surface area contributed by atoms with Gasteiger partial charge in [-0.3, -0.25) is 4.90 Å². The van der Waals surface area contributed by atoms with Gasteiger partial charge in [-0.25, -0.2) is 27.5 Å². The van der Waals surface area contributed by atoms with Crippen LogP contribution in [0.15, 0.2) is 30.3 Å². The van der Waals surface area contributed by atoms with Gasteiger partial charge in [0.1, 0.15) is 18.2 Å². The molecule has 0 amide bonds. The highest BCUT2D eigenvalue weighted by Crippen LogP contribution is 2.37. The zero-order chi connectivity index (χ0) is 26.2. The number of alkyl halides is 4. The Labute approximate surface area is 207 Å². The van der Waals surface area contributed by atoms with Gasteiger partial charge in [-0.15, -0.1) is 0 Å². The summed E-state index contributed by atoms with van der Waals surface area (Å²) in [6.45, 7) is 5.07. The maximum atomic E-state index is 13.8. The topological polar surface area (TPSA) is 59.5 Å². The van der Waals surface area contributed by atoms with Crippen molar-refractivity contribution >= 4 is 16.7 Å². The summed E-state index contributed by atoms with van der Waals surface area (Å²) >= 11 is 0. The molecule has 0 spiro atoms. The Morgan fingerprint density at radius 1 is 1.14 bits per heavy atom. The first-order chi connectivity index (χ1) is 17.0. The maximum Gasteiger partial charge on any atom is 0.264 e. The molecule has 1 aliphatic rings. The van der Waals surface area contributed by atoms with Crippen LogP contribution < -0.4 is 14.8 Å². The van der Waals surface area contributed by atoms with E-state index in [1.807, 2.05) is 6.92 Å². The number of hydrogen-bond acceptors (Lipinski definition) is 6. The summed E-state index contributed by atoms with van der Waals surface area (Å²) in [7, 11) is 3.15. The summed E-state index contributed by atoms with van der Waals surface area (Å²) in [5, 5.41) is 3.96.